The fraction of sp³-hybridized carbons (Fsp3) is 0.391. The van der Waals surface area contributed by atoms with Gasteiger partial charge in [-0.1, -0.05) is 37.1 Å². The molecular weight excluding hydrogens is 350 g/mol. The Labute approximate surface area is 166 Å². The molecule has 146 valence electrons. The minimum absolute atomic E-state index is 0.00425. The highest BCUT2D eigenvalue weighted by atomic mass is 16.2. The minimum Gasteiger partial charge on any atom is -0.325 e. The maximum Gasteiger partial charge on any atom is 0.258 e. The van der Waals surface area contributed by atoms with Gasteiger partial charge in [0, 0.05) is 30.0 Å². The lowest BCUT2D eigenvalue weighted by atomic mass is 9.85. The van der Waals surface area contributed by atoms with Gasteiger partial charge in [0.05, 0.1) is 6.04 Å². The number of para-hydroxylation sites is 1. The molecule has 0 aromatic heterocycles. The average molecular weight is 377 g/mol. The molecule has 4 rings (SSSR count). The quantitative estimate of drug-likeness (QED) is 0.851. The van der Waals surface area contributed by atoms with Crippen LogP contribution in [0.25, 0.3) is 0 Å². The molecule has 1 saturated carbocycles. The zero-order chi connectivity index (χ0) is 19.5. The molecule has 2 aromatic carbocycles. The third-order valence-corrected chi connectivity index (χ3v) is 6.00. The first-order chi connectivity index (χ1) is 13.6. The van der Waals surface area contributed by atoms with Gasteiger partial charge in [-0.05, 0) is 55.5 Å². The summed E-state index contributed by atoms with van der Waals surface area (Å²) in [7, 11) is 1.76. The molecule has 5 nitrogen and oxygen atoms in total. The molecule has 1 saturated heterocycles. The Hall–Kier alpha value is -2.66. The van der Waals surface area contributed by atoms with E-state index in [2.05, 4.69) is 10.6 Å². The van der Waals surface area contributed by atoms with Crippen LogP contribution >= 0.6 is 0 Å². The van der Waals surface area contributed by atoms with Crippen molar-refractivity contribution in [2.45, 2.75) is 44.2 Å². The van der Waals surface area contributed by atoms with E-state index in [1.54, 1.807) is 24.1 Å². The van der Waals surface area contributed by atoms with Crippen molar-refractivity contribution >= 4 is 23.2 Å². The SMILES string of the molecule is CN(C(=O)c1cccc(NC(=O)C2CC3CCCCC3N2)c1)c1ccccc1. The van der Waals surface area contributed by atoms with Gasteiger partial charge in [0.1, 0.15) is 0 Å². The van der Waals surface area contributed by atoms with E-state index < -0.39 is 0 Å². The van der Waals surface area contributed by atoms with Gasteiger partial charge in [-0.2, -0.15) is 0 Å². The number of anilines is 2. The number of nitrogens with one attached hydrogen (secondary N) is 2. The van der Waals surface area contributed by atoms with E-state index in [0.717, 1.165) is 12.1 Å². The molecule has 1 aliphatic carbocycles. The molecule has 3 atom stereocenters. The number of hydrogen-bond donors (Lipinski definition) is 2. The van der Waals surface area contributed by atoms with Gasteiger partial charge in [-0.25, -0.2) is 0 Å². The monoisotopic (exact) mass is 377 g/mol. The highest BCUT2D eigenvalue weighted by molar-refractivity contribution is 6.06. The summed E-state index contributed by atoms with van der Waals surface area (Å²) in [6.07, 6.45) is 5.82. The van der Waals surface area contributed by atoms with Gasteiger partial charge in [-0.3, -0.25) is 9.59 Å². The van der Waals surface area contributed by atoms with Crippen LogP contribution in [0.3, 0.4) is 0 Å². The molecule has 28 heavy (non-hydrogen) atoms. The van der Waals surface area contributed by atoms with Gasteiger partial charge in [0.15, 0.2) is 0 Å². The summed E-state index contributed by atoms with van der Waals surface area (Å²) in [5.74, 6) is 0.514. The van der Waals surface area contributed by atoms with Gasteiger partial charge in [0.25, 0.3) is 5.91 Å². The lowest BCUT2D eigenvalue weighted by Gasteiger charge is -2.24. The zero-order valence-electron chi connectivity index (χ0n) is 16.2. The number of carbonyl (C=O) groups excluding carboxylic acids is 2. The van der Waals surface area contributed by atoms with Gasteiger partial charge >= 0.3 is 0 Å². The normalized spacial score (nSPS) is 23.7. The Morgan fingerprint density at radius 3 is 2.61 bits per heavy atom. The molecule has 0 spiro atoms. The second kappa shape index (κ2) is 8.15. The Balaban J connectivity index is 1.42. The van der Waals surface area contributed by atoms with Crippen molar-refractivity contribution in [1.29, 1.82) is 0 Å². The predicted molar refractivity (Wildman–Crippen MR) is 112 cm³/mol. The van der Waals surface area contributed by atoms with Crippen molar-refractivity contribution in [3.63, 3.8) is 0 Å². The topological polar surface area (TPSA) is 61.4 Å². The van der Waals surface area contributed by atoms with E-state index in [1.165, 1.54) is 25.7 Å². The summed E-state index contributed by atoms with van der Waals surface area (Å²) >= 11 is 0. The second-order valence-corrected chi connectivity index (χ2v) is 7.88. The van der Waals surface area contributed by atoms with Crippen molar-refractivity contribution in [3.8, 4) is 0 Å². The molecule has 2 aromatic rings. The fourth-order valence-corrected chi connectivity index (χ4v) is 4.44. The molecule has 3 unspecified atom stereocenters. The first kappa shape index (κ1) is 18.7. The van der Waals surface area contributed by atoms with E-state index in [1.807, 2.05) is 42.5 Å². The maximum atomic E-state index is 12.8. The molecule has 5 heteroatoms. The summed E-state index contributed by atoms with van der Waals surface area (Å²) in [5.41, 5.74) is 2.05. The van der Waals surface area contributed by atoms with Crippen LogP contribution in [0.2, 0.25) is 0 Å². The Morgan fingerprint density at radius 2 is 1.82 bits per heavy atom. The van der Waals surface area contributed by atoms with E-state index in [4.69, 9.17) is 0 Å². The van der Waals surface area contributed by atoms with E-state index >= 15 is 0 Å². The van der Waals surface area contributed by atoms with Crippen molar-refractivity contribution < 1.29 is 9.59 Å². The van der Waals surface area contributed by atoms with Crippen LogP contribution in [-0.4, -0.2) is 30.9 Å². The Kier molecular flexibility index (Phi) is 5.44. The standard InChI is InChI=1S/C23H27N3O2/c1-26(19-11-3-2-4-12-19)23(28)17-9-7-10-18(14-17)24-22(27)21-15-16-8-5-6-13-20(16)25-21/h2-4,7,9-12,14,16,20-21,25H,5-6,8,13,15H2,1H3,(H,24,27). The molecule has 0 bridgehead atoms. The number of nitrogens with zero attached hydrogens (tertiary/aromatic N) is 1. The number of fused-ring (bicyclic) bond motifs is 1. The second-order valence-electron chi connectivity index (χ2n) is 7.88. The highest BCUT2D eigenvalue weighted by Gasteiger charge is 2.38. The first-order valence-electron chi connectivity index (χ1n) is 10.1. The average Bonchev–Trinajstić information content (AvgIpc) is 3.18. The molecular formula is C23H27N3O2. The first-order valence-corrected chi connectivity index (χ1v) is 10.1. The van der Waals surface area contributed by atoms with Crippen LogP contribution in [0.15, 0.2) is 54.6 Å². The molecule has 2 amide bonds. The minimum atomic E-state index is -0.139. The van der Waals surface area contributed by atoms with Gasteiger partial charge in [-0.15, -0.1) is 0 Å². The van der Waals surface area contributed by atoms with Crippen molar-refractivity contribution in [2.24, 2.45) is 5.92 Å². The molecule has 2 aliphatic rings. The zero-order valence-corrected chi connectivity index (χ0v) is 16.2. The van der Waals surface area contributed by atoms with Crippen LogP contribution in [0.4, 0.5) is 11.4 Å². The number of carbonyl (C=O) groups is 2. The van der Waals surface area contributed by atoms with E-state index in [0.29, 0.717) is 23.2 Å². The molecule has 2 fully saturated rings. The van der Waals surface area contributed by atoms with Crippen LogP contribution < -0.4 is 15.5 Å². The fourth-order valence-electron chi connectivity index (χ4n) is 4.44. The summed E-state index contributed by atoms with van der Waals surface area (Å²) in [6, 6.07) is 17.0. The number of rotatable bonds is 4. The highest BCUT2D eigenvalue weighted by Crippen LogP contribution is 2.33. The molecule has 1 heterocycles. The summed E-state index contributed by atoms with van der Waals surface area (Å²) in [6.45, 7) is 0. The van der Waals surface area contributed by atoms with Crippen LogP contribution in [-0.2, 0) is 4.79 Å². The largest absolute Gasteiger partial charge is 0.325 e. The van der Waals surface area contributed by atoms with E-state index in [9.17, 15) is 9.59 Å². The Morgan fingerprint density at radius 1 is 1.04 bits per heavy atom. The predicted octanol–water partition coefficient (Wildman–Crippen LogP) is 3.82. The maximum absolute atomic E-state index is 12.8. The Bertz CT molecular complexity index is 838. The smallest absolute Gasteiger partial charge is 0.258 e. The lowest BCUT2D eigenvalue weighted by Crippen LogP contribution is -2.39. The molecule has 0 radical (unpaired) electrons. The summed E-state index contributed by atoms with van der Waals surface area (Å²) < 4.78 is 0. The lowest BCUT2D eigenvalue weighted by molar-refractivity contribution is -0.117. The third-order valence-electron chi connectivity index (χ3n) is 6.00. The number of amides is 2. The van der Waals surface area contributed by atoms with Crippen LogP contribution in [0, 0.1) is 5.92 Å². The van der Waals surface area contributed by atoms with E-state index in [-0.39, 0.29) is 17.9 Å². The van der Waals surface area contributed by atoms with Crippen molar-refractivity contribution in [2.75, 3.05) is 17.3 Å². The summed E-state index contributed by atoms with van der Waals surface area (Å²) in [5, 5.41) is 6.50. The van der Waals surface area contributed by atoms with Crippen molar-refractivity contribution in [3.05, 3.63) is 60.2 Å². The van der Waals surface area contributed by atoms with Crippen LogP contribution in [0.5, 0.6) is 0 Å². The van der Waals surface area contributed by atoms with Crippen molar-refractivity contribution in [1.82, 2.24) is 5.32 Å². The number of benzene rings is 2. The number of hydrogen-bond acceptors (Lipinski definition) is 3. The van der Waals surface area contributed by atoms with Crippen LogP contribution in [0.1, 0.15) is 42.5 Å². The third kappa shape index (κ3) is 3.94. The van der Waals surface area contributed by atoms with Gasteiger partial charge in [0.2, 0.25) is 5.91 Å². The summed E-state index contributed by atoms with van der Waals surface area (Å²) in [4.78, 5) is 27.2. The molecule has 1 aliphatic heterocycles. The molecule has 2 N–H and O–H groups in total. The van der Waals surface area contributed by atoms with Gasteiger partial charge < -0.3 is 15.5 Å².